The highest BCUT2D eigenvalue weighted by atomic mass is 32.2. The number of benzene rings is 3. The molecule has 0 saturated heterocycles. The van der Waals surface area contributed by atoms with Crippen molar-refractivity contribution in [3.05, 3.63) is 42.5 Å². The minimum atomic E-state index is -4.85. The maximum Gasteiger partial charge on any atom is 0.296 e. The van der Waals surface area contributed by atoms with E-state index in [0.29, 0.717) is 0 Å². The van der Waals surface area contributed by atoms with Gasteiger partial charge in [0.15, 0.2) is 5.75 Å². The van der Waals surface area contributed by atoms with E-state index in [-0.39, 0.29) is 27.8 Å². The molecule has 0 spiro atoms. The van der Waals surface area contributed by atoms with E-state index >= 15 is 0 Å². The Labute approximate surface area is 164 Å². The highest BCUT2D eigenvalue weighted by Crippen LogP contribution is 2.42. The van der Waals surface area contributed by atoms with Crippen molar-refractivity contribution in [1.29, 1.82) is 0 Å². The van der Waals surface area contributed by atoms with Crippen molar-refractivity contribution in [1.82, 2.24) is 0 Å². The van der Waals surface area contributed by atoms with Crippen LogP contribution in [0.25, 0.3) is 10.8 Å². The second-order valence-electron chi connectivity index (χ2n) is 5.93. The van der Waals surface area contributed by atoms with Gasteiger partial charge in [-0.1, -0.05) is 0 Å². The number of phenols is 1. The van der Waals surface area contributed by atoms with Gasteiger partial charge in [0.25, 0.3) is 20.2 Å². The molecule has 0 fully saturated rings. The summed E-state index contributed by atoms with van der Waals surface area (Å²) < 4.78 is 65.4. The molecule has 3 aromatic carbocycles. The van der Waals surface area contributed by atoms with E-state index in [1.165, 1.54) is 24.3 Å². The quantitative estimate of drug-likeness (QED) is 0.230. The summed E-state index contributed by atoms with van der Waals surface area (Å²) in [5.41, 5.74) is 10.4. The van der Waals surface area contributed by atoms with Gasteiger partial charge in [-0.05, 0) is 47.9 Å². The lowest BCUT2D eigenvalue weighted by Gasteiger charge is -2.09. The van der Waals surface area contributed by atoms with E-state index in [2.05, 4.69) is 10.2 Å². The lowest BCUT2D eigenvalue weighted by Crippen LogP contribution is -2.00. The molecule has 0 bridgehead atoms. The van der Waals surface area contributed by atoms with Gasteiger partial charge in [0.2, 0.25) is 0 Å². The van der Waals surface area contributed by atoms with Crippen LogP contribution in [0.5, 0.6) is 5.75 Å². The molecule has 0 amide bonds. The van der Waals surface area contributed by atoms with Crippen molar-refractivity contribution in [3.63, 3.8) is 0 Å². The van der Waals surface area contributed by atoms with Crippen LogP contribution in [0, 0.1) is 0 Å². The first-order chi connectivity index (χ1) is 13.4. The number of aromatic hydroxyl groups is 1. The van der Waals surface area contributed by atoms with Gasteiger partial charge >= 0.3 is 0 Å². The van der Waals surface area contributed by atoms with Gasteiger partial charge in [-0.2, -0.15) is 16.8 Å². The second kappa shape index (κ2) is 6.97. The van der Waals surface area contributed by atoms with E-state index < -0.39 is 41.5 Å². The van der Waals surface area contributed by atoms with Crippen LogP contribution in [0.3, 0.4) is 0 Å². The molecule has 0 aromatic heterocycles. The van der Waals surface area contributed by atoms with Crippen LogP contribution < -0.4 is 11.5 Å². The van der Waals surface area contributed by atoms with Gasteiger partial charge in [0.1, 0.15) is 21.2 Å². The number of fused-ring (bicyclic) bond motifs is 1. The molecule has 29 heavy (non-hydrogen) atoms. The molecule has 7 N–H and O–H groups in total. The van der Waals surface area contributed by atoms with Crippen LogP contribution in [0.4, 0.5) is 22.7 Å². The molecule has 0 saturated carbocycles. The van der Waals surface area contributed by atoms with Crippen molar-refractivity contribution < 1.29 is 31.0 Å². The fourth-order valence-corrected chi connectivity index (χ4v) is 3.90. The van der Waals surface area contributed by atoms with Gasteiger partial charge in [-0.3, -0.25) is 9.11 Å². The smallest absolute Gasteiger partial charge is 0.296 e. The van der Waals surface area contributed by atoms with Gasteiger partial charge in [-0.15, -0.1) is 10.2 Å². The predicted molar refractivity (Wildman–Crippen MR) is 105 cm³/mol. The summed E-state index contributed by atoms with van der Waals surface area (Å²) >= 11 is 0. The zero-order valence-electron chi connectivity index (χ0n) is 14.4. The Bertz CT molecular complexity index is 1380. The summed E-state index contributed by atoms with van der Waals surface area (Å²) in [4.78, 5) is -1.46. The molecule has 13 heteroatoms. The van der Waals surface area contributed by atoms with E-state index in [1.807, 2.05) is 0 Å². The number of anilines is 2. The van der Waals surface area contributed by atoms with E-state index in [1.54, 1.807) is 0 Å². The zero-order chi connectivity index (χ0) is 21.6. The standard InChI is InChI=1S/C16H14N4O7S2/c17-9-1-3-11-8(5-9)6-14(29(25,26)27)15(16(11)21)20-19-12-4-2-10(18)7-13(12)28(22,23)24/h1-7,21H,17-18H2,(H,22,23,24)(H,25,26,27). The molecule has 0 aliphatic heterocycles. The highest BCUT2D eigenvalue weighted by molar-refractivity contribution is 7.86. The van der Waals surface area contributed by atoms with E-state index in [0.717, 1.165) is 18.2 Å². The third-order valence-corrected chi connectivity index (χ3v) is 5.62. The number of nitrogens with zero attached hydrogens (tertiary/aromatic N) is 2. The second-order valence-corrected chi connectivity index (χ2v) is 8.71. The van der Waals surface area contributed by atoms with Gasteiger partial charge in [0.05, 0.1) is 0 Å². The SMILES string of the molecule is Nc1ccc(N=Nc2c(S(=O)(=O)O)cc3cc(N)ccc3c2O)c(S(=O)(=O)O)c1. The predicted octanol–water partition coefficient (Wildman–Crippen LogP) is 2.62. The number of nitrogens with two attached hydrogens (primary N) is 2. The van der Waals surface area contributed by atoms with Crippen molar-refractivity contribution in [2.75, 3.05) is 11.5 Å². The fraction of sp³-hybridized carbons (Fsp3) is 0. The minimum absolute atomic E-state index is 0.0151. The number of nitrogen functional groups attached to an aromatic ring is 2. The molecule has 0 heterocycles. The van der Waals surface area contributed by atoms with Gasteiger partial charge in [0, 0.05) is 16.8 Å². The Morgan fingerprint density at radius 2 is 1.34 bits per heavy atom. The first kappa shape index (κ1) is 20.5. The van der Waals surface area contributed by atoms with Crippen LogP contribution in [-0.2, 0) is 20.2 Å². The molecule has 152 valence electrons. The highest BCUT2D eigenvalue weighted by Gasteiger charge is 2.23. The number of phenolic OH excluding ortho intramolecular Hbond substituents is 1. The van der Waals surface area contributed by atoms with Crippen molar-refractivity contribution >= 4 is 53.8 Å². The Kier molecular flexibility index (Phi) is 4.92. The van der Waals surface area contributed by atoms with Crippen LogP contribution in [0.1, 0.15) is 0 Å². The largest absolute Gasteiger partial charge is 0.505 e. The number of rotatable bonds is 4. The molecule has 3 aromatic rings. The molecule has 0 radical (unpaired) electrons. The molecular weight excluding hydrogens is 424 g/mol. The van der Waals surface area contributed by atoms with Crippen molar-refractivity contribution in [3.8, 4) is 5.75 Å². The lowest BCUT2D eigenvalue weighted by atomic mass is 10.1. The zero-order valence-corrected chi connectivity index (χ0v) is 16.0. The maximum atomic E-state index is 11.8. The molecule has 0 aliphatic rings. The molecule has 0 atom stereocenters. The van der Waals surface area contributed by atoms with E-state index in [9.17, 15) is 31.0 Å². The summed E-state index contributed by atoms with van der Waals surface area (Å²) in [5.74, 6) is -0.636. The van der Waals surface area contributed by atoms with Gasteiger partial charge < -0.3 is 16.6 Å². The number of hydrogen-bond donors (Lipinski definition) is 5. The topological polar surface area (TPSA) is 206 Å². The molecular formula is C16H14N4O7S2. The third kappa shape index (κ3) is 4.12. The maximum absolute atomic E-state index is 11.8. The molecule has 11 nitrogen and oxygen atoms in total. The van der Waals surface area contributed by atoms with Crippen LogP contribution >= 0.6 is 0 Å². The van der Waals surface area contributed by atoms with Crippen LogP contribution in [0.2, 0.25) is 0 Å². The van der Waals surface area contributed by atoms with Crippen LogP contribution in [0.15, 0.2) is 62.5 Å². The monoisotopic (exact) mass is 438 g/mol. The van der Waals surface area contributed by atoms with Crippen molar-refractivity contribution in [2.45, 2.75) is 9.79 Å². The Morgan fingerprint density at radius 3 is 1.97 bits per heavy atom. The Balaban J connectivity index is 2.29. The number of hydrogen-bond acceptors (Lipinski definition) is 9. The fourth-order valence-electron chi connectivity index (χ4n) is 2.59. The first-order valence-electron chi connectivity index (χ1n) is 7.69. The average molecular weight is 438 g/mol. The summed E-state index contributed by atoms with van der Waals surface area (Å²) in [5, 5.41) is 18.1. The minimum Gasteiger partial charge on any atom is -0.505 e. The van der Waals surface area contributed by atoms with Crippen LogP contribution in [-0.4, -0.2) is 31.0 Å². The molecule has 0 aliphatic carbocycles. The lowest BCUT2D eigenvalue weighted by molar-refractivity contribution is 0.472. The summed E-state index contributed by atoms with van der Waals surface area (Å²) in [6.45, 7) is 0. The summed E-state index contributed by atoms with van der Waals surface area (Å²) in [7, 11) is -9.58. The Morgan fingerprint density at radius 1 is 0.759 bits per heavy atom. The number of azo groups is 1. The molecule has 3 rings (SSSR count). The van der Waals surface area contributed by atoms with Gasteiger partial charge in [-0.25, -0.2) is 0 Å². The summed E-state index contributed by atoms with van der Waals surface area (Å²) in [6.07, 6.45) is 0. The van der Waals surface area contributed by atoms with Crippen molar-refractivity contribution in [2.24, 2.45) is 10.2 Å². The summed E-state index contributed by atoms with van der Waals surface area (Å²) in [6, 6.07) is 8.58. The average Bonchev–Trinajstić information content (AvgIpc) is 2.59. The molecule has 0 unspecified atom stereocenters. The first-order valence-corrected chi connectivity index (χ1v) is 10.6. The normalized spacial score (nSPS) is 12.6. The Hall–Kier alpha value is -3.26. The third-order valence-electron chi connectivity index (χ3n) is 3.87. The van der Waals surface area contributed by atoms with E-state index in [4.69, 9.17) is 11.5 Å².